The lowest BCUT2D eigenvalue weighted by Crippen LogP contribution is -2.50. The van der Waals surface area contributed by atoms with Gasteiger partial charge < -0.3 is 10.2 Å². The SMILES string of the molecule is CNC(=O)C(Cc1ccccc1)N(Cc1ccc(Cl)c(Cl)c1)C(=O)Cc1ccccc1Cl. The van der Waals surface area contributed by atoms with Crippen LogP contribution < -0.4 is 5.32 Å². The first-order valence-electron chi connectivity index (χ1n) is 10.1. The van der Waals surface area contributed by atoms with E-state index in [2.05, 4.69) is 5.32 Å². The molecule has 0 spiro atoms. The quantitative estimate of drug-likeness (QED) is 0.449. The fourth-order valence-corrected chi connectivity index (χ4v) is 3.98. The molecule has 0 radical (unpaired) electrons. The standard InChI is InChI=1S/C25H23Cl3N2O2/c1-29-25(32)23(14-17-7-3-2-4-8-17)30(16-18-11-12-21(27)22(28)13-18)24(31)15-19-9-5-6-10-20(19)26/h2-13,23H,14-16H2,1H3,(H,29,32). The molecule has 1 N–H and O–H groups in total. The maximum atomic E-state index is 13.5. The van der Waals surface area contributed by atoms with E-state index >= 15 is 0 Å². The molecule has 0 aliphatic heterocycles. The fraction of sp³-hybridized carbons (Fsp3) is 0.200. The number of amides is 2. The molecular formula is C25H23Cl3N2O2. The Bertz CT molecular complexity index is 1090. The average molecular weight is 490 g/mol. The van der Waals surface area contributed by atoms with E-state index in [-0.39, 0.29) is 24.8 Å². The van der Waals surface area contributed by atoms with Gasteiger partial charge in [0.15, 0.2) is 0 Å². The number of benzene rings is 3. The Hall–Kier alpha value is -2.53. The van der Waals surface area contributed by atoms with Gasteiger partial charge >= 0.3 is 0 Å². The van der Waals surface area contributed by atoms with Crippen molar-refractivity contribution in [2.24, 2.45) is 0 Å². The van der Waals surface area contributed by atoms with E-state index in [4.69, 9.17) is 34.8 Å². The highest BCUT2D eigenvalue weighted by Gasteiger charge is 2.30. The van der Waals surface area contributed by atoms with Gasteiger partial charge in [-0.2, -0.15) is 0 Å². The molecule has 3 aromatic rings. The van der Waals surface area contributed by atoms with E-state index in [1.807, 2.05) is 48.5 Å². The Kier molecular flexibility index (Phi) is 8.57. The van der Waals surface area contributed by atoms with Crippen LogP contribution in [0.5, 0.6) is 0 Å². The summed E-state index contributed by atoms with van der Waals surface area (Å²) >= 11 is 18.5. The van der Waals surface area contributed by atoms with Gasteiger partial charge in [-0.1, -0.05) is 89.4 Å². The summed E-state index contributed by atoms with van der Waals surface area (Å²) in [6.45, 7) is 0.199. The molecule has 0 aliphatic carbocycles. The zero-order chi connectivity index (χ0) is 23.1. The smallest absolute Gasteiger partial charge is 0.242 e. The third-order valence-corrected chi connectivity index (χ3v) is 6.26. The number of hydrogen-bond donors (Lipinski definition) is 1. The number of carbonyl (C=O) groups is 2. The second-order valence-corrected chi connectivity index (χ2v) is 8.58. The summed E-state index contributed by atoms with van der Waals surface area (Å²) in [6, 6.07) is 21.3. The number of halogens is 3. The van der Waals surface area contributed by atoms with Crippen LogP contribution in [0.2, 0.25) is 15.1 Å². The molecule has 3 rings (SSSR count). The molecule has 32 heavy (non-hydrogen) atoms. The van der Waals surface area contributed by atoms with Gasteiger partial charge in [-0.15, -0.1) is 0 Å². The summed E-state index contributed by atoms with van der Waals surface area (Å²) in [5, 5.41) is 4.02. The van der Waals surface area contributed by atoms with Crippen molar-refractivity contribution < 1.29 is 9.59 Å². The van der Waals surface area contributed by atoms with Crippen molar-refractivity contribution in [1.29, 1.82) is 0 Å². The van der Waals surface area contributed by atoms with Crippen LogP contribution in [0.15, 0.2) is 72.8 Å². The predicted octanol–water partition coefficient (Wildman–Crippen LogP) is 5.58. The van der Waals surface area contributed by atoms with Crippen molar-refractivity contribution in [1.82, 2.24) is 10.2 Å². The van der Waals surface area contributed by atoms with Gasteiger partial charge in [0.2, 0.25) is 11.8 Å². The molecule has 0 fully saturated rings. The summed E-state index contributed by atoms with van der Waals surface area (Å²) in [7, 11) is 1.57. The summed E-state index contributed by atoms with van der Waals surface area (Å²) in [5.41, 5.74) is 2.42. The number of nitrogens with one attached hydrogen (secondary N) is 1. The van der Waals surface area contributed by atoms with E-state index < -0.39 is 6.04 Å². The highest BCUT2D eigenvalue weighted by Crippen LogP contribution is 2.25. The summed E-state index contributed by atoms with van der Waals surface area (Å²) in [6.07, 6.45) is 0.444. The van der Waals surface area contributed by atoms with Crippen LogP contribution in [-0.4, -0.2) is 29.8 Å². The largest absolute Gasteiger partial charge is 0.357 e. The molecule has 4 nitrogen and oxygen atoms in total. The van der Waals surface area contributed by atoms with Gasteiger partial charge in [-0.05, 0) is 34.9 Å². The van der Waals surface area contributed by atoms with Crippen molar-refractivity contribution >= 4 is 46.6 Å². The number of likely N-dealkylation sites (N-methyl/N-ethyl adjacent to an activating group) is 1. The molecular weight excluding hydrogens is 467 g/mol. The van der Waals surface area contributed by atoms with E-state index in [9.17, 15) is 9.59 Å². The van der Waals surface area contributed by atoms with Crippen molar-refractivity contribution in [3.63, 3.8) is 0 Å². The first kappa shape index (κ1) is 24.1. The monoisotopic (exact) mass is 488 g/mol. The molecule has 0 saturated heterocycles. The minimum Gasteiger partial charge on any atom is -0.357 e. The van der Waals surface area contributed by atoms with Crippen LogP contribution in [0.4, 0.5) is 0 Å². The third kappa shape index (κ3) is 6.26. The lowest BCUT2D eigenvalue weighted by molar-refractivity contribution is -0.140. The van der Waals surface area contributed by atoms with Crippen molar-refractivity contribution in [3.05, 3.63) is 105 Å². The lowest BCUT2D eigenvalue weighted by atomic mass is 10.0. The summed E-state index contributed by atoms with van der Waals surface area (Å²) in [4.78, 5) is 28.0. The van der Waals surface area contributed by atoms with Crippen LogP contribution in [0.25, 0.3) is 0 Å². The van der Waals surface area contributed by atoms with Crippen LogP contribution in [0.1, 0.15) is 16.7 Å². The molecule has 1 unspecified atom stereocenters. The lowest BCUT2D eigenvalue weighted by Gasteiger charge is -2.31. The number of carbonyl (C=O) groups excluding carboxylic acids is 2. The minimum absolute atomic E-state index is 0.0727. The summed E-state index contributed by atoms with van der Waals surface area (Å²) in [5.74, 6) is -0.463. The summed E-state index contributed by atoms with van der Waals surface area (Å²) < 4.78 is 0. The molecule has 0 bridgehead atoms. The van der Waals surface area contributed by atoms with E-state index in [0.717, 1.165) is 11.1 Å². The van der Waals surface area contributed by atoms with Crippen LogP contribution >= 0.6 is 34.8 Å². The molecule has 3 aromatic carbocycles. The molecule has 166 valence electrons. The van der Waals surface area contributed by atoms with Gasteiger partial charge in [0, 0.05) is 25.0 Å². The average Bonchev–Trinajstić information content (AvgIpc) is 2.80. The molecule has 0 aromatic heterocycles. The maximum absolute atomic E-state index is 13.5. The van der Waals surface area contributed by atoms with Gasteiger partial charge in [0.25, 0.3) is 0 Å². The number of nitrogens with zero attached hydrogens (tertiary/aromatic N) is 1. The second kappa shape index (κ2) is 11.4. The highest BCUT2D eigenvalue weighted by molar-refractivity contribution is 6.42. The van der Waals surface area contributed by atoms with Gasteiger partial charge in [0.05, 0.1) is 16.5 Å². The predicted molar refractivity (Wildman–Crippen MR) is 130 cm³/mol. The maximum Gasteiger partial charge on any atom is 0.242 e. The Balaban J connectivity index is 1.97. The molecule has 1 atom stereocenters. The van der Waals surface area contributed by atoms with Gasteiger partial charge in [0.1, 0.15) is 6.04 Å². The Morgan fingerprint density at radius 3 is 2.19 bits per heavy atom. The Morgan fingerprint density at radius 2 is 1.53 bits per heavy atom. The first-order chi connectivity index (χ1) is 15.4. The molecule has 0 aliphatic rings. The zero-order valence-corrected chi connectivity index (χ0v) is 19.8. The first-order valence-corrected chi connectivity index (χ1v) is 11.2. The van der Waals surface area contributed by atoms with E-state index in [0.29, 0.717) is 27.1 Å². The molecule has 2 amide bonds. The molecule has 0 saturated carbocycles. The topological polar surface area (TPSA) is 49.4 Å². The number of hydrogen-bond acceptors (Lipinski definition) is 2. The van der Waals surface area contributed by atoms with Gasteiger partial charge in [-0.3, -0.25) is 9.59 Å². The molecule has 7 heteroatoms. The molecule has 0 heterocycles. The third-order valence-electron chi connectivity index (χ3n) is 5.15. The normalized spacial score (nSPS) is 11.6. The van der Waals surface area contributed by atoms with Crippen molar-refractivity contribution in [3.8, 4) is 0 Å². The van der Waals surface area contributed by atoms with Crippen molar-refractivity contribution in [2.45, 2.75) is 25.4 Å². The minimum atomic E-state index is -0.716. The fourth-order valence-electron chi connectivity index (χ4n) is 3.46. The van der Waals surface area contributed by atoms with Crippen molar-refractivity contribution in [2.75, 3.05) is 7.05 Å². The Labute approximate surface area is 203 Å². The van der Waals surface area contributed by atoms with E-state index in [1.165, 1.54) is 0 Å². The zero-order valence-electron chi connectivity index (χ0n) is 17.5. The highest BCUT2D eigenvalue weighted by atomic mass is 35.5. The Morgan fingerprint density at radius 1 is 0.844 bits per heavy atom. The van der Waals surface area contributed by atoms with Gasteiger partial charge in [-0.25, -0.2) is 0 Å². The van der Waals surface area contributed by atoms with Crippen LogP contribution in [-0.2, 0) is 29.0 Å². The second-order valence-electron chi connectivity index (χ2n) is 7.36. The van der Waals surface area contributed by atoms with E-state index in [1.54, 1.807) is 36.2 Å². The number of rotatable bonds is 8. The van der Waals surface area contributed by atoms with Crippen LogP contribution in [0.3, 0.4) is 0 Å². The van der Waals surface area contributed by atoms with Crippen LogP contribution in [0, 0.1) is 0 Å².